The van der Waals surface area contributed by atoms with E-state index in [1.807, 2.05) is 0 Å². The number of rotatable bonds is 4. The molecule has 1 N–H and O–H groups in total. The summed E-state index contributed by atoms with van der Waals surface area (Å²) in [5, 5.41) is 8.98. The average molecular weight is 311 g/mol. The van der Waals surface area contributed by atoms with Crippen molar-refractivity contribution in [2.45, 2.75) is 30.2 Å². The predicted molar refractivity (Wildman–Crippen MR) is 75.0 cm³/mol. The quantitative estimate of drug-likeness (QED) is 0.912. The van der Waals surface area contributed by atoms with Gasteiger partial charge in [0, 0.05) is 12.6 Å². The van der Waals surface area contributed by atoms with Crippen molar-refractivity contribution in [1.29, 1.82) is 0 Å². The Balaban J connectivity index is 2.01. The highest BCUT2D eigenvalue weighted by molar-refractivity contribution is 7.89. The third-order valence-electron chi connectivity index (χ3n) is 4.36. The lowest BCUT2D eigenvalue weighted by Gasteiger charge is -2.26. The smallest absolute Gasteiger partial charge is 0.335 e. The zero-order valence-electron chi connectivity index (χ0n) is 11.7. The Kier molecular flexibility index (Phi) is 3.41. The SMILES string of the molecule is COc1cc(C(=O)O)ccc1S(=O)(=O)N1CC2CCC1C2. The first-order valence-electron chi connectivity index (χ1n) is 6.86. The molecule has 1 aromatic carbocycles. The number of benzene rings is 1. The van der Waals surface area contributed by atoms with E-state index in [-0.39, 0.29) is 22.3 Å². The maximum Gasteiger partial charge on any atom is 0.335 e. The Bertz CT molecular complexity index is 685. The summed E-state index contributed by atoms with van der Waals surface area (Å²) in [4.78, 5) is 11.0. The third kappa shape index (κ3) is 2.30. The van der Waals surface area contributed by atoms with Gasteiger partial charge in [-0.2, -0.15) is 4.31 Å². The van der Waals surface area contributed by atoms with Gasteiger partial charge in [-0.1, -0.05) is 0 Å². The Morgan fingerprint density at radius 2 is 2.14 bits per heavy atom. The van der Waals surface area contributed by atoms with Gasteiger partial charge in [-0.15, -0.1) is 0 Å². The first kappa shape index (κ1) is 14.3. The van der Waals surface area contributed by atoms with Crippen LogP contribution in [0.5, 0.6) is 5.75 Å². The summed E-state index contributed by atoms with van der Waals surface area (Å²) in [6.45, 7) is 0.552. The van der Waals surface area contributed by atoms with Crippen molar-refractivity contribution in [2.75, 3.05) is 13.7 Å². The van der Waals surface area contributed by atoms with Gasteiger partial charge in [-0.25, -0.2) is 13.2 Å². The molecule has 2 fully saturated rings. The Morgan fingerprint density at radius 3 is 2.67 bits per heavy atom. The number of ether oxygens (including phenoxy) is 1. The molecule has 1 saturated heterocycles. The number of carbonyl (C=O) groups is 1. The molecule has 1 aliphatic heterocycles. The Morgan fingerprint density at radius 1 is 1.38 bits per heavy atom. The number of hydrogen-bond donors (Lipinski definition) is 1. The number of carboxylic acids is 1. The highest BCUT2D eigenvalue weighted by Gasteiger charge is 2.45. The van der Waals surface area contributed by atoms with Crippen LogP contribution in [0.4, 0.5) is 0 Å². The van der Waals surface area contributed by atoms with Crippen LogP contribution in [0.2, 0.25) is 0 Å². The fourth-order valence-electron chi connectivity index (χ4n) is 3.31. The van der Waals surface area contributed by atoms with Gasteiger partial charge < -0.3 is 9.84 Å². The molecule has 7 heteroatoms. The summed E-state index contributed by atoms with van der Waals surface area (Å²) in [7, 11) is -2.30. The van der Waals surface area contributed by atoms with E-state index < -0.39 is 16.0 Å². The van der Waals surface area contributed by atoms with Crippen LogP contribution in [0, 0.1) is 5.92 Å². The van der Waals surface area contributed by atoms with Crippen LogP contribution < -0.4 is 4.74 Å². The van der Waals surface area contributed by atoms with Gasteiger partial charge in [-0.3, -0.25) is 0 Å². The second-order valence-electron chi connectivity index (χ2n) is 5.58. The van der Waals surface area contributed by atoms with E-state index in [1.54, 1.807) is 4.31 Å². The molecule has 0 spiro atoms. The number of sulfonamides is 1. The van der Waals surface area contributed by atoms with Gasteiger partial charge in [0.2, 0.25) is 10.0 Å². The van der Waals surface area contributed by atoms with E-state index in [0.717, 1.165) is 19.3 Å². The third-order valence-corrected chi connectivity index (χ3v) is 6.31. The van der Waals surface area contributed by atoms with Crippen molar-refractivity contribution in [1.82, 2.24) is 4.31 Å². The maximum absolute atomic E-state index is 12.8. The van der Waals surface area contributed by atoms with Gasteiger partial charge in [0.25, 0.3) is 0 Å². The molecule has 2 atom stereocenters. The summed E-state index contributed by atoms with van der Waals surface area (Å²) < 4.78 is 32.2. The molecule has 21 heavy (non-hydrogen) atoms. The van der Waals surface area contributed by atoms with Crippen LogP contribution in [0.15, 0.2) is 23.1 Å². The fourth-order valence-corrected chi connectivity index (χ4v) is 5.19. The first-order chi connectivity index (χ1) is 9.93. The topological polar surface area (TPSA) is 83.9 Å². The molecule has 114 valence electrons. The standard InChI is InChI=1S/C14H17NO5S/c1-20-12-7-10(14(16)17)3-5-13(12)21(18,19)15-8-9-2-4-11(15)6-9/h3,5,7,9,11H,2,4,6,8H2,1H3,(H,16,17). The molecular weight excluding hydrogens is 294 g/mol. The summed E-state index contributed by atoms with van der Waals surface area (Å²) in [6, 6.07) is 3.95. The molecular formula is C14H17NO5S. The van der Waals surface area contributed by atoms with Crippen LogP contribution in [0.1, 0.15) is 29.6 Å². The van der Waals surface area contributed by atoms with E-state index in [9.17, 15) is 13.2 Å². The van der Waals surface area contributed by atoms with Crippen molar-refractivity contribution in [3.05, 3.63) is 23.8 Å². The molecule has 0 aromatic heterocycles. The molecule has 0 amide bonds. The van der Waals surface area contributed by atoms with Crippen LogP contribution >= 0.6 is 0 Å². The highest BCUT2D eigenvalue weighted by Crippen LogP contribution is 2.41. The van der Waals surface area contributed by atoms with Gasteiger partial charge in [0.1, 0.15) is 10.6 Å². The number of nitrogens with zero attached hydrogens (tertiary/aromatic N) is 1. The number of piperidine rings is 1. The Hall–Kier alpha value is -1.60. The second-order valence-corrected chi connectivity index (χ2v) is 7.44. The van der Waals surface area contributed by atoms with Crippen LogP contribution in [0.25, 0.3) is 0 Å². The minimum absolute atomic E-state index is 0.00810. The van der Waals surface area contributed by atoms with Gasteiger partial charge in [0.05, 0.1) is 12.7 Å². The minimum atomic E-state index is -3.64. The number of fused-ring (bicyclic) bond motifs is 2. The summed E-state index contributed by atoms with van der Waals surface area (Å²) in [6.07, 6.45) is 2.92. The van der Waals surface area contributed by atoms with E-state index in [1.165, 1.54) is 25.3 Å². The van der Waals surface area contributed by atoms with Crippen molar-refractivity contribution >= 4 is 16.0 Å². The molecule has 1 aliphatic carbocycles. The molecule has 1 saturated carbocycles. The molecule has 1 heterocycles. The van der Waals surface area contributed by atoms with Gasteiger partial charge >= 0.3 is 5.97 Å². The molecule has 2 unspecified atom stereocenters. The molecule has 0 radical (unpaired) electrons. The molecule has 1 aromatic rings. The number of methoxy groups -OCH3 is 1. The minimum Gasteiger partial charge on any atom is -0.495 e. The summed E-state index contributed by atoms with van der Waals surface area (Å²) in [5.41, 5.74) is 0.00810. The normalized spacial score (nSPS) is 25.2. The van der Waals surface area contributed by atoms with Crippen molar-refractivity contribution in [3.8, 4) is 5.75 Å². The Labute approximate surface area is 123 Å². The van der Waals surface area contributed by atoms with E-state index >= 15 is 0 Å². The lowest BCUT2D eigenvalue weighted by molar-refractivity contribution is 0.0696. The molecule has 2 aliphatic rings. The summed E-state index contributed by atoms with van der Waals surface area (Å²) in [5.74, 6) is -0.579. The first-order valence-corrected chi connectivity index (χ1v) is 8.30. The number of hydrogen-bond acceptors (Lipinski definition) is 4. The molecule has 6 nitrogen and oxygen atoms in total. The maximum atomic E-state index is 12.8. The number of carboxylic acid groups (broad SMARTS) is 1. The zero-order chi connectivity index (χ0) is 15.2. The van der Waals surface area contributed by atoms with Crippen molar-refractivity contribution < 1.29 is 23.1 Å². The van der Waals surface area contributed by atoms with Crippen LogP contribution in [-0.4, -0.2) is 43.5 Å². The lowest BCUT2D eigenvalue weighted by Crippen LogP contribution is -2.37. The number of aromatic carboxylic acids is 1. The highest BCUT2D eigenvalue weighted by atomic mass is 32.2. The van der Waals surface area contributed by atoms with Gasteiger partial charge in [0.15, 0.2) is 0 Å². The van der Waals surface area contributed by atoms with E-state index in [4.69, 9.17) is 9.84 Å². The average Bonchev–Trinajstić information content (AvgIpc) is 3.09. The van der Waals surface area contributed by atoms with Crippen LogP contribution in [0.3, 0.4) is 0 Å². The predicted octanol–water partition coefficient (Wildman–Crippen LogP) is 1.57. The van der Waals surface area contributed by atoms with E-state index in [2.05, 4.69) is 0 Å². The zero-order valence-corrected chi connectivity index (χ0v) is 12.5. The summed E-state index contributed by atoms with van der Waals surface area (Å²) >= 11 is 0. The van der Waals surface area contributed by atoms with Crippen LogP contribution in [-0.2, 0) is 10.0 Å². The van der Waals surface area contributed by atoms with E-state index in [0.29, 0.717) is 12.5 Å². The van der Waals surface area contributed by atoms with Crippen molar-refractivity contribution in [2.24, 2.45) is 5.92 Å². The van der Waals surface area contributed by atoms with Crippen molar-refractivity contribution in [3.63, 3.8) is 0 Å². The fraction of sp³-hybridized carbons (Fsp3) is 0.500. The molecule has 2 bridgehead atoms. The van der Waals surface area contributed by atoms with Gasteiger partial charge in [-0.05, 0) is 43.4 Å². The molecule has 3 rings (SSSR count). The lowest BCUT2D eigenvalue weighted by atomic mass is 10.1. The monoisotopic (exact) mass is 311 g/mol. The second kappa shape index (κ2) is 4.99. The largest absolute Gasteiger partial charge is 0.495 e.